The van der Waals surface area contributed by atoms with E-state index in [0.29, 0.717) is 0 Å². The van der Waals surface area contributed by atoms with Crippen molar-refractivity contribution in [3.63, 3.8) is 0 Å². The molecule has 0 saturated heterocycles. The first-order valence-corrected chi connectivity index (χ1v) is 14.0. The summed E-state index contributed by atoms with van der Waals surface area (Å²) in [6.07, 6.45) is 15.0. The number of aryl methyl sites for hydroxylation is 2. The van der Waals surface area contributed by atoms with Crippen LogP contribution in [-0.2, 0) is 26.8 Å². The maximum atomic E-state index is 9.53. The van der Waals surface area contributed by atoms with Crippen molar-refractivity contribution in [3.05, 3.63) is 87.5 Å². The number of rotatable bonds is 16. The van der Waals surface area contributed by atoms with Gasteiger partial charge in [0.15, 0.2) is 0 Å². The van der Waals surface area contributed by atoms with Crippen LogP contribution in [0, 0.1) is 6.92 Å². The van der Waals surface area contributed by atoms with Crippen LogP contribution < -0.4 is 0 Å². The molecule has 198 valence electrons. The molecule has 0 aliphatic rings. The molecule has 0 aliphatic heterocycles. The van der Waals surface area contributed by atoms with Gasteiger partial charge in [0.2, 0.25) is 0 Å². The molecule has 0 saturated carbocycles. The number of hydrogen-bond donors (Lipinski definition) is 0. The predicted molar refractivity (Wildman–Crippen MR) is 152 cm³/mol. The van der Waals surface area contributed by atoms with Gasteiger partial charge in [-0.15, -0.1) is 4.79 Å². The fourth-order valence-electron chi connectivity index (χ4n) is 4.74. The van der Waals surface area contributed by atoms with Gasteiger partial charge in [-0.25, -0.2) is 0 Å². The molecular formula is C33H46N2Pd. The van der Waals surface area contributed by atoms with Crippen molar-refractivity contribution >= 4 is 11.4 Å². The van der Waals surface area contributed by atoms with E-state index in [2.05, 4.69) is 86.9 Å². The Bertz CT molecular complexity index is 1010. The molecule has 0 N–H and O–H groups in total. The molecular weight excluding hydrogens is 531 g/mol. The van der Waals surface area contributed by atoms with Gasteiger partial charge >= 0.3 is 5.87 Å². The molecule has 2 nitrogen and oxygen atoms in total. The van der Waals surface area contributed by atoms with Crippen molar-refractivity contribution in [1.82, 2.24) is 0 Å². The third kappa shape index (κ3) is 10.9. The molecule has 36 heavy (non-hydrogen) atoms. The predicted octanol–water partition coefficient (Wildman–Crippen LogP) is 9.90. The van der Waals surface area contributed by atoms with Gasteiger partial charge in [0, 0.05) is 20.4 Å². The Labute approximate surface area is 234 Å². The molecule has 0 atom stereocenters. The molecule has 0 bridgehead atoms. The monoisotopic (exact) mass is 576 g/mol. The molecule has 0 aliphatic carbocycles. The fourth-order valence-corrected chi connectivity index (χ4v) is 4.74. The van der Waals surface area contributed by atoms with Crippen LogP contribution in [0.2, 0.25) is 0 Å². The SMILES string of the molecule is CCCCCCc1cccc(C(=C(CCCCC)C(=C=[N+]=[N-])CCCCC)c2ccc(C)cc2)c1.[Pd]. The van der Waals surface area contributed by atoms with Crippen molar-refractivity contribution in [2.24, 2.45) is 0 Å². The number of hydrogen-bond acceptors (Lipinski definition) is 0. The number of allylic oxidation sites excluding steroid dienone is 2. The van der Waals surface area contributed by atoms with Gasteiger partial charge in [-0.05, 0) is 73.3 Å². The summed E-state index contributed by atoms with van der Waals surface area (Å²) in [5.74, 6) is 3.00. The molecule has 2 aromatic carbocycles. The Morgan fingerprint density at radius 1 is 0.750 bits per heavy atom. The first kappa shape index (κ1) is 32.0. The molecule has 0 spiro atoms. The number of benzene rings is 2. The van der Waals surface area contributed by atoms with Crippen molar-refractivity contribution in [3.8, 4) is 0 Å². The Kier molecular flexibility index (Phi) is 17.0. The van der Waals surface area contributed by atoms with E-state index >= 15 is 0 Å². The largest absolute Gasteiger partial charge is 0.348 e. The smallest absolute Gasteiger partial charge is 0.303 e. The first-order chi connectivity index (χ1) is 17.1. The number of nitrogens with zero attached hydrogens (tertiary/aromatic N) is 2. The summed E-state index contributed by atoms with van der Waals surface area (Å²) in [5, 5.41) is 0. The quantitative estimate of drug-likeness (QED) is 0.0476. The second kappa shape index (κ2) is 19.2. The molecule has 0 amide bonds. The van der Waals surface area contributed by atoms with E-state index in [1.807, 2.05) is 0 Å². The van der Waals surface area contributed by atoms with Crippen LogP contribution in [0.15, 0.2) is 59.7 Å². The van der Waals surface area contributed by atoms with E-state index in [0.717, 1.165) is 37.7 Å². The molecule has 0 unspecified atom stereocenters. The molecule has 0 radical (unpaired) electrons. The van der Waals surface area contributed by atoms with Gasteiger partial charge in [0.1, 0.15) is 0 Å². The summed E-state index contributed by atoms with van der Waals surface area (Å²) in [7, 11) is 0. The van der Waals surface area contributed by atoms with Crippen molar-refractivity contribution in [1.29, 1.82) is 0 Å². The molecule has 0 heterocycles. The first-order valence-electron chi connectivity index (χ1n) is 14.0. The minimum absolute atomic E-state index is 0. The van der Waals surface area contributed by atoms with Crippen molar-refractivity contribution in [2.75, 3.05) is 0 Å². The minimum Gasteiger partial charge on any atom is -0.348 e. The molecule has 2 rings (SSSR count). The molecule has 0 aromatic heterocycles. The van der Waals surface area contributed by atoms with Crippen LogP contribution in [0.25, 0.3) is 11.1 Å². The van der Waals surface area contributed by atoms with Crippen LogP contribution in [0.4, 0.5) is 0 Å². The number of unbranched alkanes of at least 4 members (excludes halogenated alkanes) is 7. The maximum absolute atomic E-state index is 9.53. The third-order valence-corrected chi connectivity index (χ3v) is 6.79. The van der Waals surface area contributed by atoms with E-state index in [4.69, 9.17) is 0 Å². The molecule has 3 heteroatoms. The zero-order chi connectivity index (χ0) is 25.3. The molecule has 0 fully saturated rings. The molecule has 2 aromatic rings. The van der Waals surface area contributed by atoms with Gasteiger partial charge in [0.25, 0.3) is 0 Å². The minimum atomic E-state index is 0. The van der Waals surface area contributed by atoms with E-state index in [1.165, 1.54) is 84.8 Å². The summed E-state index contributed by atoms with van der Waals surface area (Å²) < 4.78 is 0. The van der Waals surface area contributed by atoms with Crippen molar-refractivity contribution < 1.29 is 25.2 Å². The Morgan fingerprint density at radius 2 is 1.39 bits per heavy atom. The summed E-state index contributed by atoms with van der Waals surface area (Å²) in [6, 6.07) is 18.0. The zero-order valence-electron chi connectivity index (χ0n) is 23.0. The Balaban J connectivity index is 0.00000648. The average molecular weight is 577 g/mol. The second-order valence-corrected chi connectivity index (χ2v) is 9.84. The van der Waals surface area contributed by atoms with Crippen LogP contribution in [0.3, 0.4) is 0 Å². The maximum Gasteiger partial charge on any atom is 0.303 e. The van der Waals surface area contributed by atoms with Gasteiger partial charge in [-0.1, -0.05) is 120 Å². The van der Waals surface area contributed by atoms with Gasteiger partial charge in [-0.3, -0.25) is 0 Å². The fraction of sp³-hybridized carbons (Fsp3) is 0.515. The van der Waals surface area contributed by atoms with E-state index in [1.54, 1.807) is 0 Å². The van der Waals surface area contributed by atoms with Crippen LogP contribution in [0.1, 0.15) is 120 Å². The second-order valence-electron chi connectivity index (χ2n) is 9.84. The third-order valence-electron chi connectivity index (χ3n) is 6.79. The zero-order valence-corrected chi connectivity index (χ0v) is 24.6. The normalized spacial score (nSPS) is 11.2. The Morgan fingerprint density at radius 3 is 2.03 bits per heavy atom. The summed E-state index contributed by atoms with van der Waals surface area (Å²) >= 11 is 0. The van der Waals surface area contributed by atoms with Crippen LogP contribution >= 0.6 is 0 Å². The van der Waals surface area contributed by atoms with Gasteiger partial charge in [0.05, 0.1) is 5.57 Å². The van der Waals surface area contributed by atoms with E-state index in [-0.39, 0.29) is 20.4 Å². The summed E-state index contributed by atoms with van der Waals surface area (Å²) in [5.41, 5.74) is 18.3. The summed E-state index contributed by atoms with van der Waals surface area (Å²) in [6.45, 7) is 8.88. The van der Waals surface area contributed by atoms with Crippen LogP contribution in [0.5, 0.6) is 0 Å². The van der Waals surface area contributed by atoms with E-state index < -0.39 is 0 Å². The van der Waals surface area contributed by atoms with Gasteiger partial charge < -0.3 is 5.53 Å². The topological polar surface area (TPSA) is 36.4 Å². The van der Waals surface area contributed by atoms with Gasteiger partial charge in [-0.2, -0.15) is 0 Å². The standard InChI is InChI=1S/C33H46N2.Pd/c1-5-8-11-14-16-28-17-15-19-30(25-28)33(29-23-21-27(4)22-24-29)32(20-13-10-7-3)31(26-35-34)18-12-9-6-2;/h15,17,19,21-25H,5-14,16,18,20H2,1-4H3;. The average Bonchev–Trinajstić information content (AvgIpc) is 2.87. The van der Waals surface area contributed by atoms with Crippen LogP contribution in [-0.4, -0.2) is 10.7 Å². The van der Waals surface area contributed by atoms with E-state index in [9.17, 15) is 5.53 Å². The van der Waals surface area contributed by atoms with Crippen molar-refractivity contribution in [2.45, 2.75) is 111 Å². The Hall–Kier alpha value is -2.00. The summed E-state index contributed by atoms with van der Waals surface area (Å²) in [4.78, 5) is 3.40.